The number of rotatable bonds is 6. The maximum absolute atomic E-state index is 15.1. The zero-order valence-corrected chi connectivity index (χ0v) is 21.1. The van der Waals surface area contributed by atoms with Crippen LogP contribution in [0.3, 0.4) is 0 Å². The molecule has 0 aromatic carbocycles. The van der Waals surface area contributed by atoms with Gasteiger partial charge in [-0.1, -0.05) is 17.7 Å². The number of piperidine rings is 1. The lowest BCUT2D eigenvalue weighted by Crippen LogP contribution is -2.47. The number of carbonyl (C=O) groups excluding carboxylic acids is 1. The molecule has 1 aliphatic carbocycles. The number of aromatic nitrogens is 3. The highest BCUT2D eigenvalue weighted by Crippen LogP contribution is 2.66. The van der Waals surface area contributed by atoms with Crippen LogP contribution in [0.5, 0.6) is 5.88 Å². The van der Waals surface area contributed by atoms with Crippen molar-refractivity contribution in [1.82, 2.24) is 19.9 Å². The molecule has 1 amide bonds. The van der Waals surface area contributed by atoms with Gasteiger partial charge in [-0.05, 0) is 50.3 Å². The molecule has 0 radical (unpaired) electrons. The third kappa shape index (κ3) is 4.66. The van der Waals surface area contributed by atoms with Crippen LogP contribution < -0.4 is 10.5 Å². The predicted molar refractivity (Wildman–Crippen MR) is 137 cm³/mol. The van der Waals surface area contributed by atoms with Gasteiger partial charge in [0.1, 0.15) is 10.4 Å². The van der Waals surface area contributed by atoms with Crippen LogP contribution in [-0.2, 0) is 10.3 Å². The highest BCUT2D eigenvalue weighted by Gasteiger charge is 2.71. The van der Waals surface area contributed by atoms with Crippen molar-refractivity contribution < 1.29 is 18.3 Å². The molecule has 0 unspecified atom stereocenters. The maximum atomic E-state index is 15.1. The molecule has 0 bridgehead atoms. The molecule has 2 fully saturated rings. The molecule has 2 aromatic heterocycles. The number of amides is 1. The summed E-state index contributed by atoms with van der Waals surface area (Å²) in [7, 11) is 0. The number of pyridine rings is 1. The fourth-order valence-electron chi connectivity index (χ4n) is 5.17. The van der Waals surface area contributed by atoms with Crippen LogP contribution in [-0.4, -0.2) is 55.4 Å². The molecule has 3 aliphatic rings. The molecule has 11 heteroatoms. The van der Waals surface area contributed by atoms with E-state index in [2.05, 4.69) is 25.9 Å². The zero-order chi connectivity index (χ0) is 26.2. The van der Waals surface area contributed by atoms with E-state index >= 15 is 4.39 Å². The third-order valence-electron chi connectivity index (χ3n) is 7.10. The number of nitrogens with zero attached hydrogens (tertiary/aromatic N) is 5. The Bertz CT molecular complexity index is 1320. The van der Waals surface area contributed by atoms with E-state index in [1.54, 1.807) is 6.92 Å². The smallest absolute Gasteiger partial charge is 0.239 e. The number of aliphatic imine (C=N–C) groups is 1. The largest absolute Gasteiger partial charge is 0.463 e. The van der Waals surface area contributed by atoms with Crippen LogP contribution in [0.25, 0.3) is 11.9 Å². The number of halogens is 2. The van der Waals surface area contributed by atoms with Crippen molar-refractivity contribution in [3.8, 4) is 18.2 Å². The van der Waals surface area contributed by atoms with Gasteiger partial charge in [-0.3, -0.25) is 9.79 Å². The Morgan fingerprint density at radius 3 is 2.78 bits per heavy atom. The van der Waals surface area contributed by atoms with Gasteiger partial charge >= 0.3 is 0 Å². The van der Waals surface area contributed by atoms with Gasteiger partial charge < -0.3 is 15.4 Å². The van der Waals surface area contributed by atoms with Crippen molar-refractivity contribution in [1.29, 1.82) is 0 Å². The van der Waals surface area contributed by atoms with Gasteiger partial charge in [-0.15, -0.1) is 6.42 Å². The molecular formula is C26H26F2N6O2S. The normalized spacial score (nSPS) is 27.1. The van der Waals surface area contributed by atoms with Crippen LogP contribution in [0.2, 0.25) is 0 Å². The molecule has 2 aliphatic heterocycles. The van der Waals surface area contributed by atoms with Gasteiger partial charge in [0.05, 0.1) is 17.9 Å². The summed E-state index contributed by atoms with van der Waals surface area (Å²) >= 11 is 1.27. The van der Waals surface area contributed by atoms with Crippen molar-refractivity contribution in [2.24, 2.45) is 16.6 Å². The second kappa shape index (κ2) is 9.74. The molecule has 8 nitrogen and oxygen atoms in total. The SMILES string of the molecule is C#CCOc1cnc(/C(F)=C/c2cnc(F)c([C@@]3(C)N=C(N)S[C@@]4(C(=O)N5CCCCC5)C[C@H]43)c2)cn1. The Balaban J connectivity index is 1.43. The lowest BCUT2D eigenvalue weighted by Gasteiger charge is -2.36. The molecule has 5 rings (SSSR count). The van der Waals surface area contributed by atoms with Gasteiger partial charge in [0, 0.05) is 30.8 Å². The summed E-state index contributed by atoms with van der Waals surface area (Å²) in [6.07, 6.45) is 13.6. The van der Waals surface area contributed by atoms with Gasteiger partial charge in [0.25, 0.3) is 0 Å². The van der Waals surface area contributed by atoms with E-state index < -0.39 is 22.1 Å². The third-order valence-corrected chi connectivity index (χ3v) is 8.39. The first-order chi connectivity index (χ1) is 17.8. The molecule has 1 saturated carbocycles. The Morgan fingerprint density at radius 1 is 1.30 bits per heavy atom. The van der Waals surface area contributed by atoms with E-state index in [0.717, 1.165) is 32.4 Å². The number of terminal acetylenes is 1. The summed E-state index contributed by atoms with van der Waals surface area (Å²) in [5.41, 5.74) is 5.52. The number of carbonyl (C=O) groups is 1. The van der Waals surface area contributed by atoms with Gasteiger partial charge in [0.2, 0.25) is 17.7 Å². The van der Waals surface area contributed by atoms with Gasteiger partial charge in [0.15, 0.2) is 17.6 Å². The molecule has 3 atom stereocenters. The second-order valence-electron chi connectivity index (χ2n) is 9.53. The molecule has 2 N–H and O–H groups in total. The maximum Gasteiger partial charge on any atom is 0.239 e. The summed E-state index contributed by atoms with van der Waals surface area (Å²) in [5.74, 6) is 0.838. The van der Waals surface area contributed by atoms with Crippen LogP contribution >= 0.6 is 11.8 Å². The molecule has 0 spiro atoms. The van der Waals surface area contributed by atoms with Gasteiger partial charge in [-0.25, -0.2) is 19.3 Å². The molecule has 2 aromatic rings. The minimum absolute atomic E-state index is 0.0204. The average Bonchev–Trinajstić information content (AvgIpc) is 3.65. The van der Waals surface area contributed by atoms with Crippen LogP contribution in [0.4, 0.5) is 8.78 Å². The quantitative estimate of drug-likeness (QED) is 0.455. The van der Waals surface area contributed by atoms with Crippen molar-refractivity contribution in [3.05, 3.63) is 47.4 Å². The minimum Gasteiger partial charge on any atom is -0.463 e. The molecule has 4 heterocycles. The first-order valence-electron chi connectivity index (χ1n) is 12.0. The van der Waals surface area contributed by atoms with E-state index in [1.165, 1.54) is 42.5 Å². The number of ether oxygens (including phenoxy) is 1. The first kappa shape index (κ1) is 25.1. The van der Waals surface area contributed by atoms with E-state index in [4.69, 9.17) is 16.9 Å². The summed E-state index contributed by atoms with van der Waals surface area (Å²) in [4.78, 5) is 31.8. The van der Waals surface area contributed by atoms with Crippen molar-refractivity contribution in [2.45, 2.75) is 42.9 Å². The van der Waals surface area contributed by atoms with Gasteiger partial charge in [-0.2, -0.15) is 4.39 Å². The summed E-state index contributed by atoms with van der Waals surface area (Å²) in [6, 6.07) is 1.50. The number of hydrogen-bond acceptors (Lipinski definition) is 8. The number of fused-ring (bicyclic) bond motifs is 1. The van der Waals surface area contributed by atoms with E-state index in [9.17, 15) is 9.18 Å². The van der Waals surface area contributed by atoms with E-state index in [0.29, 0.717) is 12.0 Å². The number of thioether (sulfide) groups is 1. The summed E-state index contributed by atoms with van der Waals surface area (Å²) in [5, 5.41) is 0.232. The number of amidine groups is 1. The van der Waals surface area contributed by atoms with Crippen molar-refractivity contribution >= 4 is 34.7 Å². The molecule has 192 valence electrons. The monoisotopic (exact) mass is 524 g/mol. The highest BCUT2D eigenvalue weighted by molar-refractivity contribution is 8.15. The van der Waals surface area contributed by atoms with Crippen LogP contribution in [0.1, 0.15) is 49.4 Å². The number of hydrogen-bond donors (Lipinski definition) is 1. The van der Waals surface area contributed by atoms with E-state index in [-0.39, 0.29) is 40.7 Å². The minimum atomic E-state index is -1.12. The number of likely N-dealkylation sites (tertiary alicyclic amines) is 1. The molecule has 37 heavy (non-hydrogen) atoms. The molecular weight excluding hydrogens is 498 g/mol. The van der Waals surface area contributed by atoms with Crippen molar-refractivity contribution in [3.63, 3.8) is 0 Å². The molecule has 1 saturated heterocycles. The fourth-order valence-corrected chi connectivity index (χ4v) is 6.61. The first-order valence-corrected chi connectivity index (χ1v) is 12.8. The lowest BCUT2D eigenvalue weighted by molar-refractivity contribution is -0.132. The Hall–Kier alpha value is -3.52. The highest BCUT2D eigenvalue weighted by atomic mass is 32.2. The lowest BCUT2D eigenvalue weighted by atomic mass is 9.86. The second-order valence-corrected chi connectivity index (χ2v) is 10.9. The Kier molecular flexibility index (Phi) is 6.62. The van der Waals surface area contributed by atoms with Crippen LogP contribution in [0, 0.1) is 24.2 Å². The van der Waals surface area contributed by atoms with Crippen LogP contribution in [0.15, 0.2) is 29.6 Å². The standard InChI is InChI=1S/C26H26F2N6O2S/c1-3-9-36-21-15-30-19(14-31-21)18(27)11-16-10-17(22(28)32-13-16)25(2)20-12-26(20,37-24(29)33-25)23(35)34-7-5-4-6-8-34/h1,10-11,13-15,20H,4-9,12H2,2H3,(H2,29,33)/b18-11-/t20-,25+,26-/m0/s1. The zero-order valence-electron chi connectivity index (χ0n) is 20.3. The number of nitrogens with two attached hydrogens (primary N) is 1. The Labute approximate surface area is 217 Å². The predicted octanol–water partition coefficient (Wildman–Crippen LogP) is 3.54. The van der Waals surface area contributed by atoms with E-state index in [1.807, 2.05) is 4.90 Å². The Morgan fingerprint density at radius 2 is 2.08 bits per heavy atom. The summed E-state index contributed by atoms with van der Waals surface area (Å²) in [6.45, 7) is 3.22. The average molecular weight is 525 g/mol. The van der Waals surface area contributed by atoms with Crippen molar-refractivity contribution in [2.75, 3.05) is 19.7 Å². The summed E-state index contributed by atoms with van der Waals surface area (Å²) < 4.78 is 34.5. The topological polar surface area (TPSA) is 107 Å². The fraction of sp³-hybridized carbons (Fsp3) is 0.423.